The molecule has 274 valence electrons. The largest absolute Gasteiger partial charge is 0.485 e. The predicted octanol–water partition coefficient (Wildman–Crippen LogP) is 8.19. The van der Waals surface area contributed by atoms with Gasteiger partial charge in [0.2, 0.25) is 0 Å². The zero-order chi connectivity index (χ0) is 36.2. The minimum absolute atomic E-state index is 0.00397. The summed E-state index contributed by atoms with van der Waals surface area (Å²) in [5, 5.41) is 2.10. The average molecular weight is 743 g/mol. The molecule has 5 aromatic carbocycles. The topological polar surface area (TPSA) is 89.5 Å². The molecule has 1 aliphatic rings. The van der Waals surface area contributed by atoms with Crippen molar-refractivity contribution < 1.29 is 36.3 Å². The summed E-state index contributed by atoms with van der Waals surface area (Å²) in [6, 6.07) is 43.5. The quantitative estimate of drug-likeness (QED) is 0.0825. The van der Waals surface area contributed by atoms with Crippen molar-refractivity contribution in [2.75, 3.05) is 24.7 Å². The van der Waals surface area contributed by atoms with E-state index in [1.807, 2.05) is 134 Å². The lowest BCUT2D eigenvalue weighted by Gasteiger charge is -2.52. The Morgan fingerprint density at radius 2 is 1.25 bits per heavy atom. The number of rotatable bonds is 18. The van der Waals surface area contributed by atoms with Gasteiger partial charge in [-0.3, -0.25) is 4.18 Å². The Kier molecular flexibility index (Phi) is 13.4. The molecule has 0 radical (unpaired) electrons. The van der Waals surface area contributed by atoms with Crippen molar-refractivity contribution in [2.24, 2.45) is 0 Å². The van der Waals surface area contributed by atoms with Crippen molar-refractivity contribution in [1.82, 2.24) is 0 Å². The molecule has 0 N–H and O–H groups in total. The molecule has 1 saturated heterocycles. The molecule has 0 bridgehead atoms. The maximum Gasteiger partial charge on any atom is 0.271 e. The number of fused-ring (bicyclic) bond motifs is 1. The highest BCUT2D eigenvalue weighted by molar-refractivity contribution is 8.01. The smallest absolute Gasteiger partial charge is 0.271 e. The Hall–Kier alpha value is -3.74. The third-order valence-electron chi connectivity index (χ3n) is 8.78. The van der Waals surface area contributed by atoms with Gasteiger partial charge in [-0.1, -0.05) is 128 Å². The van der Waals surface area contributed by atoms with Gasteiger partial charge in [-0.2, -0.15) is 8.42 Å². The van der Waals surface area contributed by atoms with Crippen molar-refractivity contribution in [3.8, 4) is 5.75 Å². The Bertz CT molecular complexity index is 1930. The van der Waals surface area contributed by atoms with Crippen molar-refractivity contribution >= 4 is 32.7 Å². The second-order valence-corrected chi connectivity index (χ2v) is 15.8. The summed E-state index contributed by atoms with van der Waals surface area (Å²) in [6.45, 7) is 4.48. The van der Waals surface area contributed by atoms with Gasteiger partial charge in [0.1, 0.15) is 29.8 Å². The molecule has 0 saturated carbocycles. The highest BCUT2D eigenvalue weighted by Crippen LogP contribution is 2.45. The van der Waals surface area contributed by atoms with Crippen LogP contribution in [0.4, 0.5) is 0 Å². The summed E-state index contributed by atoms with van der Waals surface area (Å²) < 4.78 is 66.5. The first kappa shape index (κ1) is 38.0. The van der Waals surface area contributed by atoms with Crippen molar-refractivity contribution in [1.29, 1.82) is 0 Å². The van der Waals surface area contributed by atoms with Crippen LogP contribution in [0.5, 0.6) is 5.75 Å². The lowest BCUT2D eigenvalue weighted by atomic mass is 9.94. The van der Waals surface area contributed by atoms with Gasteiger partial charge >= 0.3 is 0 Å². The second-order valence-electron chi connectivity index (χ2n) is 12.6. The van der Waals surface area contributed by atoms with Crippen LogP contribution >= 0.6 is 11.8 Å². The summed E-state index contributed by atoms with van der Waals surface area (Å²) in [6.07, 6.45) is -3.23. The third kappa shape index (κ3) is 10.0. The molecule has 52 heavy (non-hydrogen) atoms. The summed E-state index contributed by atoms with van der Waals surface area (Å²) >= 11 is 1.37. The summed E-state index contributed by atoms with van der Waals surface area (Å²) in [5.41, 5.74) is 2.87. The van der Waals surface area contributed by atoms with E-state index in [2.05, 4.69) is 6.07 Å². The number of ether oxygens (including phenoxy) is 5. The normalized spacial score (nSPS) is 22.0. The zero-order valence-electron chi connectivity index (χ0n) is 29.5. The number of hydrogen-bond donors (Lipinski definition) is 0. The molecule has 0 aromatic heterocycles. The third-order valence-corrected chi connectivity index (χ3v) is 11.6. The first-order valence-electron chi connectivity index (χ1n) is 17.6. The molecule has 1 heterocycles. The molecule has 1 aliphatic heterocycles. The maximum absolute atomic E-state index is 13.6. The zero-order valence-corrected chi connectivity index (χ0v) is 31.2. The van der Waals surface area contributed by atoms with Gasteiger partial charge < -0.3 is 23.7 Å². The van der Waals surface area contributed by atoms with E-state index >= 15 is 0 Å². The molecule has 5 aromatic rings. The standard InChI is InChI=1S/C42H46O8S2/c1-3-48-52(43,44)31-42(51-4-2)41(47-29-34-20-12-7-13-21-34)40(46-28-33-18-10-6-11-19-33)39(38(50-42)30-45-27-32-16-8-5-9-17-32)49-37-25-24-35-22-14-15-23-36(35)26-37/h5-26,38-41H,3-4,27-31H2,1-2H3/t38-,39-,40+,41-,42-/m1/s1. The SMILES string of the molecule is CCOS(=O)(=O)C[C@]1(SCC)O[C@H](COCc2ccccc2)[C@@H](Oc2ccc3ccccc3c2)[C@H](OCc2ccccc2)[C@H]1OCc1ccccc1. The molecule has 0 aliphatic carbocycles. The number of benzene rings is 5. The molecule has 0 amide bonds. The maximum atomic E-state index is 13.6. The van der Waals surface area contributed by atoms with Crippen LogP contribution in [0.25, 0.3) is 10.8 Å². The first-order valence-corrected chi connectivity index (χ1v) is 20.2. The van der Waals surface area contributed by atoms with Crippen LogP contribution in [0.1, 0.15) is 30.5 Å². The second kappa shape index (κ2) is 18.3. The van der Waals surface area contributed by atoms with E-state index in [0.717, 1.165) is 27.5 Å². The fraction of sp³-hybridized carbons (Fsp3) is 0.333. The van der Waals surface area contributed by atoms with Gasteiger partial charge in [0.05, 0.1) is 33.0 Å². The van der Waals surface area contributed by atoms with Crippen LogP contribution < -0.4 is 4.74 Å². The van der Waals surface area contributed by atoms with E-state index in [4.69, 9.17) is 27.9 Å². The lowest BCUT2D eigenvalue weighted by Crippen LogP contribution is -2.68. The van der Waals surface area contributed by atoms with E-state index in [1.165, 1.54) is 11.8 Å². The fourth-order valence-corrected chi connectivity index (χ4v) is 9.46. The van der Waals surface area contributed by atoms with E-state index in [9.17, 15) is 8.42 Å². The fourth-order valence-electron chi connectivity index (χ4n) is 6.48. The average Bonchev–Trinajstić information content (AvgIpc) is 3.15. The van der Waals surface area contributed by atoms with Crippen LogP contribution in [-0.2, 0) is 53.1 Å². The Labute approximate surface area is 311 Å². The molecule has 0 unspecified atom stereocenters. The highest BCUT2D eigenvalue weighted by Gasteiger charge is 2.59. The van der Waals surface area contributed by atoms with E-state index in [0.29, 0.717) is 18.1 Å². The van der Waals surface area contributed by atoms with Crippen LogP contribution in [0.2, 0.25) is 0 Å². The molecular weight excluding hydrogens is 697 g/mol. The molecule has 0 spiro atoms. The number of thioether (sulfide) groups is 1. The first-order chi connectivity index (χ1) is 25.4. The Morgan fingerprint density at radius 1 is 0.673 bits per heavy atom. The Morgan fingerprint density at radius 3 is 1.87 bits per heavy atom. The molecule has 6 rings (SSSR count). The van der Waals surface area contributed by atoms with Gasteiger partial charge in [0.25, 0.3) is 10.1 Å². The molecule has 5 atom stereocenters. The van der Waals surface area contributed by atoms with Crippen molar-refractivity contribution in [3.63, 3.8) is 0 Å². The van der Waals surface area contributed by atoms with Crippen LogP contribution in [0.15, 0.2) is 133 Å². The van der Waals surface area contributed by atoms with Crippen LogP contribution in [0, 0.1) is 0 Å². The van der Waals surface area contributed by atoms with Crippen LogP contribution in [-0.4, -0.2) is 62.5 Å². The molecule has 8 nitrogen and oxygen atoms in total. The molecular formula is C42H46O8S2. The van der Waals surface area contributed by atoms with Crippen molar-refractivity contribution in [3.05, 3.63) is 150 Å². The summed E-state index contributed by atoms with van der Waals surface area (Å²) in [4.78, 5) is -1.44. The lowest BCUT2D eigenvalue weighted by molar-refractivity contribution is -0.261. The van der Waals surface area contributed by atoms with Gasteiger partial charge in [0.15, 0.2) is 11.0 Å². The van der Waals surface area contributed by atoms with Crippen LogP contribution in [0.3, 0.4) is 0 Å². The van der Waals surface area contributed by atoms with Gasteiger partial charge in [-0.25, -0.2) is 0 Å². The van der Waals surface area contributed by atoms with E-state index < -0.39 is 45.2 Å². The van der Waals surface area contributed by atoms with Gasteiger partial charge in [0, 0.05) is 0 Å². The monoisotopic (exact) mass is 742 g/mol. The molecule has 10 heteroatoms. The summed E-state index contributed by atoms with van der Waals surface area (Å²) in [5.74, 6) is 0.689. The predicted molar refractivity (Wildman–Crippen MR) is 206 cm³/mol. The van der Waals surface area contributed by atoms with E-state index in [1.54, 1.807) is 6.92 Å². The van der Waals surface area contributed by atoms with E-state index in [-0.39, 0.29) is 26.4 Å². The van der Waals surface area contributed by atoms with Gasteiger partial charge in [-0.15, -0.1) is 11.8 Å². The number of hydrogen-bond acceptors (Lipinski definition) is 9. The van der Waals surface area contributed by atoms with Crippen molar-refractivity contribution in [2.45, 2.75) is 63.0 Å². The van der Waals surface area contributed by atoms with Gasteiger partial charge in [-0.05, 0) is 52.3 Å². The molecule has 1 fully saturated rings. The highest BCUT2D eigenvalue weighted by atomic mass is 32.2. The minimum atomic E-state index is -4.07. The minimum Gasteiger partial charge on any atom is -0.485 e. The summed E-state index contributed by atoms with van der Waals surface area (Å²) in [7, 11) is -4.07. The Balaban J connectivity index is 1.44.